The van der Waals surface area contributed by atoms with Crippen molar-refractivity contribution in [1.82, 2.24) is 14.6 Å². The molecule has 0 unspecified atom stereocenters. The first kappa shape index (κ1) is 31.9. The lowest BCUT2D eigenvalue weighted by Gasteiger charge is -2.38. The first-order valence-electron chi connectivity index (χ1n) is 14.5. The van der Waals surface area contributed by atoms with Gasteiger partial charge in [-0.1, -0.05) is 6.07 Å². The van der Waals surface area contributed by atoms with Gasteiger partial charge in [0.1, 0.15) is 35.7 Å². The molecule has 0 saturated carbocycles. The van der Waals surface area contributed by atoms with E-state index in [1.54, 1.807) is 18.2 Å². The fourth-order valence-electron chi connectivity index (χ4n) is 5.64. The summed E-state index contributed by atoms with van der Waals surface area (Å²) in [6.45, 7) is 2.32. The third-order valence-corrected chi connectivity index (χ3v) is 11.8. The number of nitrogens with zero attached hydrogens (tertiary/aromatic N) is 3. The smallest absolute Gasteiger partial charge is 0.244 e. The third-order valence-electron chi connectivity index (χ3n) is 8.18. The van der Waals surface area contributed by atoms with Crippen molar-refractivity contribution in [3.8, 4) is 11.6 Å². The summed E-state index contributed by atoms with van der Waals surface area (Å²) in [6.07, 6.45) is 2.50. The molecule has 238 valence electrons. The number of sulfone groups is 1. The van der Waals surface area contributed by atoms with Crippen LogP contribution in [0.5, 0.6) is 11.6 Å². The average Bonchev–Trinajstić information content (AvgIpc) is 3.40. The fraction of sp³-hybridized carbons (Fsp3) is 0.607. The van der Waals surface area contributed by atoms with Gasteiger partial charge in [0.25, 0.3) is 0 Å². The molecule has 1 aromatic heterocycles. The van der Waals surface area contributed by atoms with E-state index in [0.29, 0.717) is 69.4 Å². The molecular formula is C28H40N4O9S2. The Morgan fingerprint density at radius 1 is 1.16 bits per heavy atom. The highest BCUT2D eigenvalue weighted by Gasteiger charge is 2.45. The molecule has 4 heterocycles. The minimum Gasteiger partial charge on any atom is -0.491 e. The normalized spacial score (nSPS) is 21.4. The Morgan fingerprint density at radius 2 is 1.95 bits per heavy atom. The van der Waals surface area contributed by atoms with Crippen molar-refractivity contribution in [1.29, 1.82) is 0 Å². The van der Waals surface area contributed by atoms with Crippen LogP contribution in [-0.4, -0.2) is 119 Å². The van der Waals surface area contributed by atoms with Crippen LogP contribution in [0.25, 0.3) is 0 Å². The van der Waals surface area contributed by atoms with Gasteiger partial charge in [0.2, 0.25) is 15.9 Å². The summed E-state index contributed by atoms with van der Waals surface area (Å²) >= 11 is 0. The summed E-state index contributed by atoms with van der Waals surface area (Å²) in [5, 5.41) is 22.7. The van der Waals surface area contributed by atoms with E-state index in [4.69, 9.17) is 19.3 Å². The molecule has 2 saturated heterocycles. The van der Waals surface area contributed by atoms with Crippen molar-refractivity contribution in [3.05, 3.63) is 36.5 Å². The first-order valence-corrected chi connectivity index (χ1v) is 17.6. The predicted octanol–water partition coefficient (Wildman–Crippen LogP) is 0.408. The number of aliphatic hydroxyl groups is 2. The van der Waals surface area contributed by atoms with Crippen molar-refractivity contribution < 1.29 is 41.3 Å². The van der Waals surface area contributed by atoms with Crippen molar-refractivity contribution in [2.45, 2.75) is 53.2 Å². The lowest BCUT2D eigenvalue weighted by atomic mass is 9.88. The second-order valence-electron chi connectivity index (χ2n) is 11.3. The molecule has 2 atom stereocenters. The summed E-state index contributed by atoms with van der Waals surface area (Å²) in [5.74, 6) is 0.619. The van der Waals surface area contributed by atoms with E-state index < -0.39 is 31.6 Å². The summed E-state index contributed by atoms with van der Waals surface area (Å²) in [7, 11) is -5.36. The van der Waals surface area contributed by atoms with E-state index >= 15 is 0 Å². The number of rotatable bonds is 12. The van der Waals surface area contributed by atoms with E-state index in [1.165, 1.54) is 22.6 Å². The zero-order chi connectivity index (χ0) is 30.7. The van der Waals surface area contributed by atoms with E-state index in [-0.39, 0.29) is 47.8 Å². The predicted molar refractivity (Wildman–Crippen MR) is 158 cm³/mol. The van der Waals surface area contributed by atoms with Gasteiger partial charge in [-0.05, 0) is 49.9 Å². The molecule has 3 aliphatic rings. The number of ether oxygens (including phenoxy) is 3. The maximum absolute atomic E-state index is 13.4. The monoisotopic (exact) mass is 640 g/mol. The minimum atomic E-state index is -3.72. The van der Waals surface area contributed by atoms with Crippen LogP contribution in [0.2, 0.25) is 0 Å². The maximum atomic E-state index is 13.4. The number of anilines is 1. The first-order chi connectivity index (χ1) is 20.5. The topological polar surface area (TPSA) is 168 Å². The zero-order valence-corrected chi connectivity index (χ0v) is 25.9. The number of piperidine rings is 1. The number of likely N-dealkylation sites (N-methyl/N-ethyl adjacent to an activating group) is 1. The van der Waals surface area contributed by atoms with E-state index in [2.05, 4.69) is 10.3 Å². The fourth-order valence-corrected chi connectivity index (χ4v) is 8.37. The molecule has 0 amide bonds. The van der Waals surface area contributed by atoms with Crippen molar-refractivity contribution >= 4 is 25.5 Å². The number of hydrogen-bond donors (Lipinski definition) is 3. The molecule has 3 aliphatic heterocycles. The molecule has 0 bridgehead atoms. The van der Waals surface area contributed by atoms with E-state index in [1.807, 2.05) is 11.9 Å². The Morgan fingerprint density at radius 3 is 2.72 bits per heavy atom. The molecule has 2 aromatic rings. The highest BCUT2D eigenvalue weighted by Crippen LogP contribution is 2.38. The zero-order valence-electron chi connectivity index (χ0n) is 24.2. The van der Waals surface area contributed by atoms with Crippen LogP contribution < -0.4 is 19.7 Å². The van der Waals surface area contributed by atoms with Gasteiger partial charge in [0.05, 0.1) is 35.6 Å². The number of fused-ring (bicyclic) bond motifs is 1. The maximum Gasteiger partial charge on any atom is 0.244 e. The van der Waals surface area contributed by atoms with Gasteiger partial charge in [-0.2, -0.15) is 4.31 Å². The minimum absolute atomic E-state index is 0.00168. The molecule has 0 aliphatic carbocycles. The number of nitrogens with one attached hydrogen (secondary N) is 1. The summed E-state index contributed by atoms with van der Waals surface area (Å²) in [5.41, 5.74) is 0.243. The Hall–Kier alpha value is -2.53. The molecule has 13 nitrogen and oxygen atoms in total. The van der Waals surface area contributed by atoms with Gasteiger partial charge in [-0.3, -0.25) is 0 Å². The van der Waals surface area contributed by atoms with Gasteiger partial charge in [0, 0.05) is 39.3 Å². The molecule has 2 fully saturated rings. The number of aromatic nitrogens is 1. The van der Waals surface area contributed by atoms with E-state index in [9.17, 15) is 21.9 Å². The quantitative estimate of drug-likeness (QED) is 0.293. The lowest BCUT2D eigenvalue weighted by Crippen LogP contribution is -2.47. The molecular weight excluding hydrogens is 600 g/mol. The highest BCUT2D eigenvalue weighted by molar-refractivity contribution is 7.91. The molecule has 43 heavy (non-hydrogen) atoms. The molecule has 3 N–H and O–H groups in total. The van der Waals surface area contributed by atoms with Crippen molar-refractivity contribution in [2.24, 2.45) is 0 Å². The van der Waals surface area contributed by atoms with Crippen LogP contribution in [-0.2, 0) is 24.6 Å². The molecule has 15 heteroatoms. The molecule has 5 rings (SSSR count). The van der Waals surface area contributed by atoms with Crippen LogP contribution in [0.1, 0.15) is 25.7 Å². The van der Waals surface area contributed by atoms with E-state index in [0.717, 1.165) is 0 Å². The third kappa shape index (κ3) is 7.41. The summed E-state index contributed by atoms with van der Waals surface area (Å²) < 4.78 is 70.4. The summed E-state index contributed by atoms with van der Waals surface area (Å²) in [4.78, 5) is 6.43. The summed E-state index contributed by atoms with van der Waals surface area (Å²) in [6, 6.07) is 7.73. The van der Waals surface area contributed by atoms with Gasteiger partial charge >= 0.3 is 0 Å². The Balaban J connectivity index is 1.08. The number of sulfonamides is 1. The number of aliphatic hydroxyl groups excluding tert-OH is 2. The standard InChI is InChI=1S/C28H40N4O9S2/c1-31-10-12-39-27-26(31)15-25(18-30-27)43(37,38)32-8-6-28(7-9-32)16-21(19-41-28)29-17-22(34)20-40-23-4-2-5-24(14-23)42(35,36)13-3-11-33/h2,4-5,14-15,18,21-22,29,33-34H,3,6-13,16-17,19-20H2,1H3/t21-,22+/m1/s1. The number of pyridine rings is 1. The Labute approximate surface area is 252 Å². The average molecular weight is 641 g/mol. The Bertz CT molecular complexity index is 1480. The second-order valence-corrected chi connectivity index (χ2v) is 15.4. The number of hydrogen-bond acceptors (Lipinski definition) is 12. The van der Waals surface area contributed by atoms with Crippen LogP contribution >= 0.6 is 0 Å². The second kappa shape index (κ2) is 13.2. The lowest BCUT2D eigenvalue weighted by molar-refractivity contribution is -0.0312. The van der Waals surface area contributed by atoms with Gasteiger partial charge in [0.15, 0.2) is 9.84 Å². The Kier molecular flexibility index (Phi) is 9.80. The van der Waals surface area contributed by atoms with Gasteiger partial charge < -0.3 is 34.6 Å². The van der Waals surface area contributed by atoms with Crippen molar-refractivity contribution in [3.63, 3.8) is 0 Å². The van der Waals surface area contributed by atoms with Crippen LogP contribution in [0.15, 0.2) is 46.3 Å². The largest absolute Gasteiger partial charge is 0.491 e. The van der Waals surface area contributed by atoms with Crippen LogP contribution in [0.4, 0.5) is 5.69 Å². The van der Waals surface area contributed by atoms with Crippen LogP contribution in [0, 0.1) is 0 Å². The van der Waals surface area contributed by atoms with Crippen molar-refractivity contribution in [2.75, 3.05) is 70.3 Å². The SMILES string of the molecule is CN1CCOc2ncc(S(=O)(=O)N3CCC4(CC3)C[C@@H](NC[C@H](O)COc3cccc(S(=O)(=O)CCCO)c3)CO4)cc21. The van der Waals surface area contributed by atoms with Crippen LogP contribution in [0.3, 0.4) is 0 Å². The molecule has 1 aromatic carbocycles. The highest BCUT2D eigenvalue weighted by atomic mass is 32.2. The van der Waals surface area contributed by atoms with Gasteiger partial charge in [-0.15, -0.1) is 0 Å². The number of benzene rings is 1. The van der Waals surface area contributed by atoms with Gasteiger partial charge in [-0.25, -0.2) is 21.8 Å². The molecule has 1 spiro atoms. The molecule has 0 radical (unpaired) electrons.